The van der Waals surface area contributed by atoms with Crippen LogP contribution in [0.25, 0.3) is 16.8 Å². The van der Waals surface area contributed by atoms with E-state index in [2.05, 4.69) is 24.1 Å². The third kappa shape index (κ3) is 3.81. The number of fused-ring (bicyclic) bond motifs is 1. The smallest absolute Gasteiger partial charge is 0.212 e. The highest BCUT2D eigenvalue weighted by molar-refractivity contribution is 6.99. The Labute approximate surface area is 187 Å². The highest BCUT2D eigenvalue weighted by atomic mass is 32.1. The summed E-state index contributed by atoms with van der Waals surface area (Å²) in [4.78, 5) is 18.0. The number of methoxy groups -OCH3 is 1. The summed E-state index contributed by atoms with van der Waals surface area (Å²) in [5.74, 6) is 0.348. The van der Waals surface area contributed by atoms with Crippen molar-refractivity contribution in [3.05, 3.63) is 90.6 Å². The van der Waals surface area contributed by atoms with E-state index in [1.165, 1.54) is 0 Å². The van der Waals surface area contributed by atoms with E-state index in [0.29, 0.717) is 28.5 Å². The maximum Gasteiger partial charge on any atom is 0.212 e. The van der Waals surface area contributed by atoms with E-state index in [-0.39, 0.29) is 5.78 Å². The van der Waals surface area contributed by atoms with Crippen molar-refractivity contribution in [2.75, 3.05) is 12.4 Å². The van der Waals surface area contributed by atoms with Crippen molar-refractivity contribution in [3.63, 3.8) is 0 Å². The standard InChI is InChI=1S/C23H18N6O2S/c1-31-18-11-16(13-24-14-18)25-21(19-12-17-9-5-6-10-29(17)26-19)23(30)22-20(27-32-28-22)15-7-3-2-4-8-15/h2-14,21,25H,1H3. The average Bonchev–Trinajstić information content (AvgIpc) is 3.50. The molecule has 5 rings (SSSR count). The molecule has 0 bridgehead atoms. The van der Waals surface area contributed by atoms with Gasteiger partial charge in [-0.15, -0.1) is 0 Å². The Morgan fingerprint density at radius 3 is 2.72 bits per heavy atom. The molecular weight excluding hydrogens is 424 g/mol. The predicted octanol–water partition coefficient (Wildman–Crippen LogP) is 4.29. The molecule has 5 aromatic rings. The quantitative estimate of drug-likeness (QED) is 0.376. The first-order valence-corrected chi connectivity index (χ1v) is 10.6. The summed E-state index contributed by atoms with van der Waals surface area (Å²) in [5, 5.41) is 7.89. The first-order valence-electron chi connectivity index (χ1n) is 9.85. The summed E-state index contributed by atoms with van der Waals surface area (Å²) in [6.07, 6.45) is 5.08. The van der Waals surface area contributed by atoms with Gasteiger partial charge in [-0.3, -0.25) is 9.78 Å². The molecule has 0 aliphatic rings. The number of carbonyl (C=O) groups is 1. The fraction of sp³-hybridized carbons (Fsp3) is 0.0870. The molecule has 0 saturated carbocycles. The summed E-state index contributed by atoms with van der Waals surface area (Å²) in [6.45, 7) is 0. The van der Waals surface area contributed by atoms with Gasteiger partial charge in [-0.25, -0.2) is 4.52 Å². The van der Waals surface area contributed by atoms with Gasteiger partial charge in [-0.05, 0) is 18.2 Å². The van der Waals surface area contributed by atoms with E-state index in [1.54, 1.807) is 30.1 Å². The van der Waals surface area contributed by atoms with Gasteiger partial charge >= 0.3 is 0 Å². The summed E-state index contributed by atoms with van der Waals surface area (Å²) >= 11 is 1.01. The molecule has 0 fully saturated rings. The van der Waals surface area contributed by atoms with Crippen LogP contribution in [0.15, 0.2) is 79.3 Å². The van der Waals surface area contributed by atoms with E-state index in [4.69, 9.17) is 4.74 Å². The van der Waals surface area contributed by atoms with Crippen LogP contribution in [0.5, 0.6) is 5.75 Å². The third-order valence-corrected chi connectivity index (χ3v) is 5.50. The average molecular weight is 443 g/mol. The van der Waals surface area contributed by atoms with Gasteiger partial charge in [0.2, 0.25) is 5.78 Å². The topological polar surface area (TPSA) is 94.3 Å². The number of hydrogen-bond donors (Lipinski definition) is 1. The summed E-state index contributed by atoms with van der Waals surface area (Å²) < 4.78 is 15.7. The Bertz CT molecular complexity index is 1350. The Morgan fingerprint density at radius 2 is 1.91 bits per heavy atom. The number of pyridine rings is 2. The second kappa shape index (κ2) is 8.56. The van der Waals surface area contributed by atoms with Crippen LogP contribution in [0.3, 0.4) is 0 Å². The molecule has 0 aliphatic carbocycles. The van der Waals surface area contributed by atoms with Crippen LogP contribution in [0.2, 0.25) is 0 Å². The van der Waals surface area contributed by atoms with Crippen LogP contribution >= 0.6 is 11.7 Å². The Balaban J connectivity index is 1.58. The molecule has 1 N–H and O–H groups in total. The summed E-state index contributed by atoms with van der Waals surface area (Å²) in [7, 11) is 1.57. The number of rotatable bonds is 7. The van der Waals surface area contributed by atoms with Crippen molar-refractivity contribution < 1.29 is 9.53 Å². The molecule has 1 aromatic carbocycles. The number of nitrogens with one attached hydrogen (secondary N) is 1. The first kappa shape index (κ1) is 19.8. The van der Waals surface area contributed by atoms with E-state index in [1.807, 2.05) is 60.8 Å². The minimum absolute atomic E-state index is 0.233. The Kier molecular flexibility index (Phi) is 5.30. The fourth-order valence-corrected chi connectivity index (χ4v) is 3.99. The largest absolute Gasteiger partial charge is 0.495 e. The van der Waals surface area contributed by atoms with Gasteiger partial charge in [0.05, 0.1) is 48.1 Å². The number of nitrogens with zero attached hydrogens (tertiary/aromatic N) is 5. The molecule has 1 unspecified atom stereocenters. The minimum Gasteiger partial charge on any atom is -0.495 e. The molecule has 8 nitrogen and oxygen atoms in total. The van der Waals surface area contributed by atoms with E-state index in [9.17, 15) is 4.79 Å². The SMILES string of the molecule is COc1cncc(NC(C(=O)c2nsnc2-c2ccccc2)c2cc3ccccn3n2)c1. The number of anilines is 1. The van der Waals surface area contributed by atoms with Crippen molar-refractivity contribution >= 4 is 28.7 Å². The normalized spacial score (nSPS) is 11.9. The molecule has 158 valence electrons. The number of ether oxygens (including phenoxy) is 1. The van der Waals surface area contributed by atoms with Crippen LogP contribution in [0, 0.1) is 0 Å². The fourth-order valence-electron chi connectivity index (χ4n) is 3.42. The zero-order valence-corrected chi connectivity index (χ0v) is 17.9. The van der Waals surface area contributed by atoms with E-state index in [0.717, 1.165) is 22.8 Å². The number of carbonyl (C=O) groups excluding carboxylic acids is 1. The predicted molar refractivity (Wildman–Crippen MR) is 122 cm³/mol. The lowest BCUT2D eigenvalue weighted by atomic mass is 10.0. The van der Waals surface area contributed by atoms with Gasteiger partial charge in [-0.2, -0.15) is 13.8 Å². The lowest BCUT2D eigenvalue weighted by molar-refractivity contribution is 0.0964. The van der Waals surface area contributed by atoms with Crippen molar-refractivity contribution in [3.8, 4) is 17.0 Å². The minimum atomic E-state index is -0.796. The summed E-state index contributed by atoms with van der Waals surface area (Å²) in [5.41, 5.74) is 3.76. The molecule has 0 spiro atoms. The van der Waals surface area contributed by atoms with Crippen molar-refractivity contribution in [2.45, 2.75) is 6.04 Å². The second-order valence-corrected chi connectivity index (χ2v) is 7.55. The molecule has 32 heavy (non-hydrogen) atoms. The number of aromatic nitrogens is 5. The molecule has 9 heteroatoms. The molecule has 4 aromatic heterocycles. The third-order valence-electron chi connectivity index (χ3n) is 4.98. The van der Waals surface area contributed by atoms with Crippen LogP contribution in [-0.4, -0.2) is 36.2 Å². The Hall–Kier alpha value is -4.11. The van der Waals surface area contributed by atoms with Crippen LogP contribution in [0.4, 0.5) is 5.69 Å². The zero-order chi connectivity index (χ0) is 21.9. The maximum absolute atomic E-state index is 13.8. The Morgan fingerprint density at radius 1 is 1.06 bits per heavy atom. The van der Waals surface area contributed by atoms with Crippen molar-refractivity contribution in [2.24, 2.45) is 0 Å². The number of Topliss-reactive ketones (excluding diaryl/α,β-unsaturated/α-hetero) is 1. The van der Waals surface area contributed by atoms with Crippen molar-refractivity contribution in [1.82, 2.24) is 23.3 Å². The van der Waals surface area contributed by atoms with Crippen LogP contribution in [0.1, 0.15) is 22.2 Å². The second-order valence-electron chi connectivity index (χ2n) is 7.02. The zero-order valence-electron chi connectivity index (χ0n) is 17.0. The lowest BCUT2D eigenvalue weighted by Gasteiger charge is -2.16. The van der Waals surface area contributed by atoms with E-state index >= 15 is 0 Å². The van der Waals surface area contributed by atoms with Crippen LogP contribution in [-0.2, 0) is 0 Å². The monoisotopic (exact) mass is 442 g/mol. The van der Waals surface area contributed by atoms with Crippen molar-refractivity contribution in [1.29, 1.82) is 0 Å². The molecule has 0 amide bonds. The lowest BCUT2D eigenvalue weighted by Crippen LogP contribution is -2.23. The van der Waals surface area contributed by atoms with Gasteiger partial charge in [0.15, 0.2) is 5.69 Å². The highest BCUT2D eigenvalue weighted by Gasteiger charge is 2.30. The van der Waals surface area contributed by atoms with Gasteiger partial charge in [0.1, 0.15) is 17.5 Å². The molecule has 1 atom stereocenters. The highest BCUT2D eigenvalue weighted by Crippen LogP contribution is 2.29. The van der Waals surface area contributed by atoms with E-state index < -0.39 is 6.04 Å². The first-order chi connectivity index (χ1) is 15.7. The molecule has 0 aliphatic heterocycles. The summed E-state index contributed by atoms with van der Waals surface area (Å²) in [6, 6.07) is 18.2. The number of ketones is 1. The number of benzene rings is 1. The van der Waals surface area contributed by atoms with Gasteiger partial charge < -0.3 is 10.1 Å². The molecule has 4 heterocycles. The van der Waals surface area contributed by atoms with Gasteiger partial charge in [-0.1, -0.05) is 36.4 Å². The maximum atomic E-state index is 13.8. The number of hydrogen-bond acceptors (Lipinski definition) is 8. The molecule has 0 radical (unpaired) electrons. The molecular formula is C23H18N6O2S. The van der Waals surface area contributed by atoms with Gasteiger partial charge in [0, 0.05) is 17.8 Å². The van der Waals surface area contributed by atoms with Gasteiger partial charge in [0.25, 0.3) is 0 Å². The molecule has 0 saturated heterocycles. The van der Waals surface area contributed by atoms with Crippen LogP contribution < -0.4 is 10.1 Å².